The first-order valence-electron chi connectivity index (χ1n) is 9.43. The monoisotopic (exact) mass is 342 g/mol. The van der Waals surface area contributed by atoms with Crippen LogP contribution in [-0.4, -0.2) is 0 Å². The van der Waals surface area contributed by atoms with Gasteiger partial charge in [-0.15, -0.1) is 0 Å². The number of hydrogen-bond acceptors (Lipinski definition) is 2. The molecule has 2 aromatic carbocycles. The van der Waals surface area contributed by atoms with Gasteiger partial charge in [-0.05, 0) is 12.1 Å². The Morgan fingerprint density at radius 1 is 0.640 bits per heavy atom. The van der Waals surface area contributed by atoms with Crippen molar-refractivity contribution < 1.29 is 4.42 Å². The molecule has 138 valence electrons. The summed E-state index contributed by atoms with van der Waals surface area (Å²) in [5, 5.41) is 0.618. The minimum absolute atomic E-state index is 0.00861. The highest BCUT2D eigenvalue weighted by Crippen LogP contribution is 2.21. The second kappa shape index (κ2) is 16.5. The van der Waals surface area contributed by atoms with Crippen LogP contribution in [0.4, 0.5) is 0 Å². The van der Waals surface area contributed by atoms with Crippen LogP contribution in [0, 0.1) is 0 Å². The van der Waals surface area contributed by atoms with E-state index in [1.54, 1.807) is 6.07 Å². The lowest BCUT2D eigenvalue weighted by Crippen LogP contribution is -1.99. The van der Waals surface area contributed by atoms with Crippen molar-refractivity contribution in [3.63, 3.8) is 0 Å². The summed E-state index contributed by atoms with van der Waals surface area (Å²) in [7, 11) is 0. The summed E-state index contributed by atoms with van der Waals surface area (Å²) in [6.07, 6.45) is 0. The molecule has 0 aliphatic rings. The summed E-state index contributed by atoms with van der Waals surface area (Å²) in [5.41, 5.74) is 1.53. The fraction of sp³-hybridized carbons (Fsp3) is 0.348. The van der Waals surface area contributed by atoms with Crippen molar-refractivity contribution in [2.24, 2.45) is 0 Å². The van der Waals surface area contributed by atoms with E-state index in [1.807, 2.05) is 104 Å². The van der Waals surface area contributed by atoms with Gasteiger partial charge < -0.3 is 4.42 Å². The van der Waals surface area contributed by atoms with Crippen LogP contribution in [0.15, 0.2) is 69.9 Å². The van der Waals surface area contributed by atoms with Gasteiger partial charge in [0.1, 0.15) is 11.3 Å². The summed E-state index contributed by atoms with van der Waals surface area (Å²) in [6, 6.07) is 18.4. The normalized spacial score (nSPS) is 8.16. The molecule has 0 saturated carbocycles. The van der Waals surface area contributed by atoms with Crippen molar-refractivity contribution in [1.82, 2.24) is 0 Å². The van der Waals surface area contributed by atoms with Gasteiger partial charge in [-0.2, -0.15) is 0 Å². The van der Waals surface area contributed by atoms with Gasteiger partial charge in [-0.1, -0.05) is 97.9 Å². The van der Waals surface area contributed by atoms with Gasteiger partial charge in [-0.25, -0.2) is 0 Å². The summed E-state index contributed by atoms with van der Waals surface area (Å²) < 4.78 is 5.73. The minimum atomic E-state index is -0.00861. The summed E-state index contributed by atoms with van der Waals surface area (Å²) in [5.74, 6) is 0.606. The van der Waals surface area contributed by atoms with Crippen molar-refractivity contribution in [2.45, 2.75) is 55.4 Å². The molecule has 3 aromatic rings. The number of benzene rings is 2. The standard InChI is InChI=1S/C15H10O2.4C2H6/c16-13-10-15(11-6-2-1-3-7-11)17-14-9-5-4-8-12(13)14;4*1-2/h1-10H;4*1-2H3. The number of rotatable bonds is 1. The highest BCUT2D eigenvalue weighted by molar-refractivity contribution is 5.78. The van der Waals surface area contributed by atoms with E-state index in [4.69, 9.17) is 4.42 Å². The molecule has 0 aliphatic carbocycles. The van der Waals surface area contributed by atoms with Gasteiger partial charge in [0.15, 0.2) is 5.43 Å². The van der Waals surface area contributed by atoms with Gasteiger partial charge in [0.25, 0.3) is 0 Å². The van der Waals surface area contributed by atoms with Crippen molar-refractivity contribution in [2.75, 3.05) is 0 Å². The molecule has 25 heavy (non-hydrogen) atoms. The SMILES string of the molecule is CC.CC.CC.CC.O=c1cc(-c2ccccc2)oc2ccccc12. The molecular formula is C23H34O2. The molecule has 0 fully saturated rings. The molecule has 0 aliphatic heterocycles. The fourth-order valence-corrected chi connectivity index (χ4v) is 1.85. The molecule has 2 nitrogen and oxygen atoms in total. The topological polar surface area (TPSA) is 30.2 Å². The lowest BCUT2D eigenvalue weighted by atomic mass is 10.1. The van der Waals surface area contributed by atoms with E-state index in [9.17, 15) is 4.79 Å². The van der Waals surface area contributed by atoms with Gasteiger partial charge in [-0.3, -0.25) is 4.79 Å². The van der Waals surface area contributed by atoms with Gasteiger partial charge >= 0.3 is 0 Å². The van der Waals surface area contributed by atoms with E-state index >= 15 is 0 Å². The lowest BCUT2D eigenvalue weighted by Gasteiger charge is -2.02. The third-order valence-electron chi connectivity index (χ3n) is 2.69. The zero-order valence-corrected chi connectivity index (χ0v) is 17.1. The molecule has 0 spiro atoms. The van der Waals surface area contributed by atoms with Gasteiger partial charge in [0, 0.05) is 11.6 Å². The molecule has 3 rings (SSSR count). The first kappa shape index (κ1) is 24.9. The molecule has 0 unspecified atom stereocenters. The summed E-state index contributed by atoms with van der Waals surface area (Å²) in [4.78, 5) is 11.9. The molecule has 0 radical (unpaired) electrons. The van der Waals surface area contributed by atoms with E-state index in [2.05, 4.69) is 0 Å². The van der Waals surface area contributed by atoms with Gasteiger partial charge in [0.2, 0.25) is 0 Å². The molecule has 1 heterocycles. The van der Waals surface area contributed by atoms with Crippen molar-refractivity contribution in [1.29, 1.82) is 0 Å². The van der Waals surface area contributed by atoms with Crippen molar-refractivity contribution in [3.8, 4) is 11.3 Å². The van der Waals surface area contributed by atoms with E-state index in [0.29, 0.717) is 16.7 Å². The lowest BCUT2D eigenvalue weighted by molar-refractivity contribution is 0.619. The number of fused-ring (bicyclic) bond motifs is 1. The maximum absolute atomic E-state index is 11.9. The summed E-state index contributed by atoms with van der Waals surface area (Å²) in [6.45, 7) is 16.0. The van der Waals surface area contributed by atoms with Crippen LogP contribution >= 0.6 is 0 Å². The van der Waals surface area contributed by atoms with Crippen LogP contribution < -0.4 is 5.43 Å². The smallest absolute Gasteiger partial charge is 0.193 e. The molecule has 1 aromatic heterocycles. The zero-order valence-electron chi connectivity index (χ0n) is 17.1. The quantitative estimate of drug-likeness (QED) is 0.456. The van der Waals surface area contributed by atoms with Crippen LogP contribution in [0.25, 0.3) is 22.3 Å². The molecule has 0 N–H and O–H groups in total. The van der Waals surface area contributed by atoms with E-state index < -0.39 is 0 Å². The predicted octanol–water partition coefficient (Wildman–Crippen LogP) is 7.56. The Morgan fingerprint density at radius 3 is 1.68 bits per heavy atom. The predicted molar refractivity (Wildman–Crippen MR) is 113 cm³/mol. The Kier molecular flexibility index (Phi) is 16.4. The Morgan fingerprint density at radius 2 is 1.12 bits per heavy atom. The van der Waals surface area contributed by atoms with E-state index in [1.165, 1.54) is 6.07 Å². The van der Waals surface area contributed by atoms with E-state index in [0.717, 1.165) is 5.56 Å². The second-order valence-corrected chi connectivity index (χ2v) is 3.84. The number of para-hydroxylation sites is 1. The van der Waals surface area contributed by atoms with Crippen LogP contribution in [-0.2, 0) is 0 Å². The Hall–Kier alpha value is -2.35. The maximum Gasteiger partial charge on any atom is 0.193 e. The minimum Gasteiger partial charge on any atom is -0.456 e. The highest BCUT2D eigenvalue weighted by Gasteiger charge is 2.05. The first-order chi connectivity index (χ1) is 12.3. The Balaban J connectivity index is 0. The third-order valence-corrected chi connectivity index (χ3v) is 2.69. The Labute approximate surface area is 153 Å². The molecule has 0 saturated heterocycles. The highest BCUT2D eigenvalue weighted by atomic mass is 16.3. The Bertz CT molecular complexity index is 713. The van der Waals surface area contributed by atoms with Crippen LogP contribution in [0.2, 0.25) is 0 Å². The number of hydrogen-bond donors (Lipinski definition) is 0. The van der Waals surface area contributed by atoms with Crippen molar-refractivity contribution >= 4 is 11.0 Å². The van der Waals surface area contributed by atoms with Gasteiger partial charge in [0.05, 0.1) is 5.39 Å². The van der Waals surface area contributed by atoms with Crippen LogP contribution in [0.3, 0.4) is 0 Å². The average molecular weight is 343 g/mol. The van der Waals surface area contributed by atoms with Crippen LogP contribution in [0.1, 0.15) is 55.4 Å². The molecule has 0 amide bonds. The van der Waals surface area contributed by atoms with Crippen LogP contribution in [0.5, 0.6) is 0 Å². The molecular weight excluding hydrogens is 308 g/mol. The first-order valence-corrected chi connectivity index (χ1v) is 9.43. The maximum atomic E-state index is 11.9. The second-order valence-electron chi connectivity index (χ2n) is 3.84. The average Bonchev–Trinajstić information content (AvgIpc) is 2.74. The molecule has 2 heteroatoms. The third kappa shape index (κ3) is 7.84. The van der Waals surface area contributed by atoms with E-state index in [-0.39, 0.29) is 5.43 Å². The largest absolute Gasteiger partial charge is 0.456 e. The van der Waals surface area contributed by atoms with Crippen molar-refractivity contribution in [3.05, 3.63) is 70.9 Å². The molecule has 0 bridgehead atoms. The summed E-state index contributed by atoms with van der Waals surface area (Å²) >= 11 is 0. The molecule has 0 atom stereocenters. The fourth-order valence-electron chi connectivity index (χ4n) is 1.85. The zero-order chi connectivity index (χ0) is 19.7.